The number of hydrogen-bond acceptors (Lipinski definition) is 3. The molecule has 0 radical (unpaired) electrons. The van der Waals surface area contributed by atoms with Crippen LogP contribution in [0.1, 0.15) is 16.8 Å². The molecule has 0 aliphatic rings. The Bertz CT molecular complexity index is 651. The Kier molecular flexibility index (Phi) is 3.71. The van der Waals surface area contributed by atoms with Gasteiger partial charge in [0.2, 0.25) is 5.91 Å². The van der Waals surface area contributed by atoms with Gasteiger partial charge in [-0.15, -0.1) is 11.6 Å². The number of rotatable bonds is 4. The maximum atomic E-state index is 11.5. The van der Waals surface area contributed by atoms with Crippen molar-refractivity contribution in [1.29, 1.82) is 0 Å². The third-order valence-electron chi connectivity index (χ3n) is 2.65. The molecule has 2 aromatic rings. The van der Waals surface area contributed by atoms with Gasteiger partial charge in [0.1, 0.15) is 0 Å². The van der Waals surface area contributed by atoms with Crippen LogP contribution in [0.15, 0.2) is 18.5 Å². The molecule has 6 nitrogen and oxygen atoms in total. The Hall–Kier alpha value is -2.08. The number of hydrogen-bond donors (Lipinski definition) is 2. The molecule has 0 saturated heterocycles. The minimum absolute atomic E-state index is 0.0960. The van der Waals surface area contributed by atoms with Gasteiger partial charge in [-0.1, -0.05) is 0 Å². The van der Waals surface area contributed by atoms with Gasteiger partial charge in [0.05, 0.1) is 22.9 Å². The first-order valence-electron chi connectivity index (χ1n) is 5.57. The van der Waals surface area contributed by atoms with Crippen LogP contribution in [0.2, 0.25) is 0 Å². The first kappa shape index (κ1) is 13.4. The van der Waals surface area contributed by atoms with E-state index in [2.05, 4.69) is 10.3 Å². The standard InChI is InChI=1S/C12H12ClN3O3/c1-16-6-14-9-5-7(15-10(17)2-3-13)4-8(11(9)16)12(18)19/h4-6H,2-3H2,1H3,(H,15,17)(H,18,19). The second-order valence-corrected chi connectivity index (χ2v) is 4.42. The summed E-state index contributed by atoms with van der Waals surface area (Å²) in [5, 5.41) is 11.8. The molecule has 19 heavy (non-hydrogen) atoms. The van der Waals surface area contributed by atoms with E-state index in [-0.39, 0.29) is 23.8 Å². The fourth-order valence-electron chi connectivity index (χ4n) is 1.84. The van der Waals surface area contributed by atoms with Crippen LogP contribution in [0.25, 0.3) is 11.0 Å². The van der Waals surface area contributed by atoms with E-state index in [0.717, 1.165) is 0 Å². The summed E-state index contributed by atoms with van der Waals surface area (Å²) in [5.41, 5.74) is 1.53. The maximum Gasteiger partial charge on any atom is 0.337 e. The van der Waals surface area contributed by atoms with Crippen molar-refractivity contribution in [2.24, 2.45) is 7.05 Å². The van der Waals surface area contributed by atoms with E-state index >= 15 is 0 Å². The molecule has 1 amide bonds. The van der Waals surface area contributed by atoms with E-state index in [1.807, 2.05) is 0 Å². The molecule has 0 spiro atoms. The number of carbonyl (C=O) groups is 2. The van der Waals surface area contributed by atoms with Gasteiger partial charge in [0, 0.05) is 25.0 Å². The Morgan fingerprint density at radius 1 is 1.47 bits per heavy atom. The Balaban J connectivity index is 2.47. The molecule has 0 unspecified atom stereocenters. The Labute approximate surface area is 114 Å². The summed E-state index contributed by atoms with van der Waals surface area (Å²) in [4.78, 5) is 26.8. The molecule has 100 valence electrons. The van der Waals surface area contributed by atoms with Crippen molar-refractivity contribution in [3.63, 3.8) is 0 Å². The zero-order valence-electron chi connectivity index (χ0n) is 10.2. The van der Waals surface area contributed by atoms with Gasteiger partial charge in [-0.25, -0.2) is 9.78 Å². The lowest BCUT2D eigenvalue weighted by molar-refractivity contribution is -0.115. The number of aromatic nitrogens is 2. The molecule has 0 saturated carbocycles. The summed E-state index contributed by atoms with van der Waals surface area (Å²) < 4.78 is 1.63. The molecule has 1 aromatic heterocycles. The predicted molar refractivity (Wildman–Crippen MR) is 71.6 cm³/mol. The smallest absolute Gasteiger partial charge is 0.337 e. The third-order valence-corrected chi connectivity index (χ3v) is 2.84. The average molecular weight is 282 g/mol. The summed E-state index contributed by atoms with van der Waals surface area (Å²) >= 11 is 5.47. The number of nitrogens with one attached hydrogen (secondary N) is 1. The van der Waals surface area contributed by atoms with Crippen LogP contribution in [0.4, 0.5) is 5.69 Å². The van der Waals surface area contributed by atoms with Crippen LogP contribution < -0.4 is 5.32 Å². The van der Waals surface area contributed by atoms with Gasteiger partial charge in [-0.3, -0.25) is 4.79 Å². The van der Waals surface area contributed by atoms with E-state index in [1.165, 1.54) is 12.4 Å². The predicted octanol–water partition coefficient (Wildman–Crippen LogP) is 1.84. The van der Waals surface area contributed by atoms with Crippen LogP contribution in [-0.4, -0.2) is 32.4 Å². The lowest BCUT2D eigenvalue weighted by Gasteiger charge is -2.07. The molecule has 0 bridgehead atoms. The van der Waals surface area contributed by atoms with Crippen molar-refractivity contribution in [2.45, 2.75) is 6.42 Å². The van der Waals surface area contributed by atoms with Crippen molar-refractivity contribution < 1.29 is 14.7 Å². The van der Waals surface area contributed by atoms with Gasteiger partial charge in [0.25, 0.3) is 0 Å². The van der Waals surface area contributed by atoms with Crippen molar-refractivity contribution in [3.8, 4) is 0 Å². The zero-order valence-corrected chi connectivity index (χ0v) is 10.9. The van der Waals surface area contributed by atoms with E-state index in [4.69, 9.17) is 11.6 Å². The number of carboxylic acids is 1. The second-order valence-electron chi connectivity index (χ2n) is 4.04. The Morgan fingerprint density at radius 3 is 2.84 bits per heavy atom. The minimum Gasteiger partial charge on any atom is -0.478 e. The van der Waals surface area contributed by atoms with Crippen molar-refractivity contribution in [2.75, 3.05) is 11.2 Å². The van der Waals surface area contributed by atoms with E-state index in [0.29, 0.717) is 16.7 Å². The van der Waals surface area contributed by atoms with Gasteiger partial charge in [-0.2, -0.15) is 0 Å². The van der Waals surface area contributed by atoms with Crippen LogP contribution >= 0.6 is 11.6 Å². The summed E-state index contributed by atoms with van der Waals surface area (Å²) in [6.45, 7) is 0. The number of fused-ring (bicyclic) bond motifs is 1. The molecule has 0 fully saturated rings. The first-order valence-corrected chi connectivity index (χ1v) is 6.10. The SMILES string of the molecule is Cn1cnc2cc(NC(=O)CCCl)cc(C(=O)O)c21. The normalized spacial score (nSPS) is 10.6. The summed E-state index contributed by atoms with van der Waals surface area (Å²) in [5.74, 6) is -1.12. The van der Waals surface area contributed by atoms with Gasteiger partial charge in [0.15, 0.2) is 0 Å². The van der Waals surface area contributed by atoms with Crippen LogP contribution in [0.3, 0.4) is 0 Å². The number of anilines is 1. The number of aromatic carboxylic acids is 1. The van der Waals surface area contributed by atoms with Gasteiger partial charge in [-0.05, 0) is 12.1 Å². The fourth-order valence-corrected chi connectivity index (χ4v) is 2.01. The largest absolute Gasteiger partial charge is 0.478 e. The van der Waals surface area contributed by atoms with E-state index < -0.39 is 5.97 Å². The summed E-state index contributed by atoms with van der Waals surface area (Å²) in [6.07, 6.45) is 1.70. The van der Waals surface area contributed by atoms with Gasteiger partial charge < -0.3 is 15.0 Å². The Morgan fingerprint density at radius 2 is 2.21 bits per heavy atom. The first-order chi connectivity index (χ1) is 9.02. The molecule has 0 aliphatic heterocycles. The highest BCUT2D eigenvalue weighted by Crippen LogP contribution is 2.23. The zero-order chi connectivity index (χ0) is 14.0. The van der Waals surface area contributed by atoms with Crippen LogP contribution in [0, 0.1) is 0 Å². The number of imidazole rings is 1. The van der Waals surface area contributed by atoms with Crippen molar-refractivity contribution >= 4 is 40.2 Å². The molecular formula is C12H12ClN3O3. The van der Waals surface area contributed by atoms with Crippen LogP contribution in [-0.2, 0) is 11.8 Å². The maximum absolute atomic E-state index is 11.5. The number of alkyl halides is 1. The quantitative estimate of drug-likeness (QED) is 0.838. The molecule has 7 heteroatoms. The molecule has 0 aliphatic carbocycles. The number of carbonyl (C=O) groups excluding carboxylic acids is 1. The highest BCUT2D eigenvalue weighted by molar-refractivity contribution is 6.19. The number of aryl methyl sites for hydroxylation is 1. The molecule has 2 N–H and O–H groups in total. The highest BCUT2D eigenvalue weighted by atomic mass is 35.5. The minimum atomic E-state index is -1.07. The monoisotopic (exact) mass is 281 g/mol. The fraction of sp³-hybridized carbons (Fsp3) is 0.250. The third kappa shape index (κ3) is 2.68. The summed E-state index contributed by atoms with van der Waals surface area (Å²) in [7, 11) is 1.72. The number of nitrogens with zero attached hydrogens (tertiary/aromatic N) is 2. The number of carboxylic acid groups (broad SMARTS) is 1. The van der Waals surface area contributed by atoms with Crippen LogP contribution in [0.5, 0.6) is 0 Å². The molecule has 0 atom stereocenters. The van der Waals surface area contributed by atoms with Gasteiger partial charge >= 0.3 is 5.97 Å². The lowest BCUT2D eigenvalue weighted by Crippen LogP contribution is -2.12. The second kappa shape index (κ2) is 5.27. The topological polar surface area (TPSA) is 84.2 Å². The molecule has 1 heterocycles. The molecule has 2 rings (SSSR count). The number of benzene rings is 1. The number of amides is 1. The summed E-state index contributed by atoms with van der Waals surface area (Å²) in [6, 6.07) is 3.05. The van der Waals surface area contributed by atoms with Crippen molar-refractivity contribution in [1.82, 2.24) is 9.55 Å². The highest BCUT2D eigenvalue weighted by Gasteiger charge is 2.15. The average Bonchev–Trinajstić information content (AvgIpc) is 2.70. The van der Waals surface area contributed by atoms with E-state index in [9.17, 15) is 14.7 Å². The number of halogens is 1. The van der Waals surface area contributed by atoms with Crippen molar-refractivity contribution in [3.05, 3.63) is 24.0 Å². The molecular weight excluding hydrogens is 270 g/mol. The molecule has 1 aromatic carbocycles. The lowest BCUT2D eigenvalue weighted by atomic mass is 10.1. The van der Waals surface area contributed by atoms with E-state index in [1.54, 1.807) is 17.7 Å².